The van der Waals surface area contributed by atoms with E-state index in [4.69, 9.17) is 16.3 Å². The number of hydrogen-bond acceptors (Lipinski definition) is 5. The predicted molar refractivity (Wildman–Crippen MR) is 133 cm³/mol. The SMILES string of the molecule is Cc1nc2nccc(-c3ccc(Cl)cc3F)c2c(=O)n1C.c1nn(C2CC2)cc1C1CCCCO1. The molecule has 3 aromatic heterocycles. The quantitative estimate of drug-likeness (QED) is 0.372. The summed E-state index contributed by atoms with van der Waals surface area (Å²) in [6.45, 7) is 2.64. The molecular formula is C26H27ClFN5O2. The number of benzene rings is 1. The smallest absolute Gasteiger partial charge is 0.263 e. The number of halogens is 2. The minimum atomic E-state index is -0.488. The van der Waals surface area contributed by atoms with E-state index in [1.54, 1.807) is 32.2 Å². The Balaban J connectivity index is 0.000000156. The van der Waals surface area contributed by atoms with E-state index in [-0.39, 0.29) is 5.56 Å². The van der Waals surface area contributed by atoms with Crippen LogP contribution >= 0.6 is 11.6 Å². The van der Waals surface area contributed by atoms with Crippen molar-refractivity contribution < 1.29 is 9.13 Å². The third kappa shape index (κ3) is 4.99. The molecule has 35 heavy (non-hydrogen) atoms. The number of aryl methyl sites for hydroxylation is 1. The summed E-state index contributed by atoms with van der Waals surface area (Å²) in [4.78, 5) is 20.8. The van der Waals surface area contributed by atoms with Gasteiger partial charge in [-0.3, -0.25) is 14.0 Å². The van der Waals surface area contributed by atoms with Crippen molar-refractivity contribution in [2.24, 2.45) is 7.05 Å². The Labute approximate surface area is 207 Å². The van der Waals surface area contributed by atoms with E-state index in [0.29, 0.717) is 45.2 Å². The number of nitrogens with zero attached hydrogens (tertiary/aromatic N) is 5. The van der Waals surface area contributed by atoms with Crippen LogP contribution in [0.1, 0.15) is 55.6 Å². The van der Waals surface area contributed by atoms with Gasteiger partial charge in [0.2, 0.25) is 0 Å². The van der Waals surface area contributed by atoms with Crippen molar-refractivity contribution in [3.8, 4) is 11.1 Å². The van der Waals surface area contributed by atoms with E-state index in [1.165, 1.54) is 48.1 Å². The number of fused-ring (bicyclic) bond motifs is 1. The minimum absolute atomic E-state index is 0.255. The van der Waals surface area contributed by atoms with E-state index in [0.717, 1.165) is 13.0 Å². The van der Waals surface area contributed by atoms with Crippen LogP contribution in [0.5, 0.6) is 0 Å². The fourth-order valence-electron chi connectivity index (χ4n) is 4.28. The van der Waals surface area contributed by atoms with Crippen LogP contribution in [0.3, 0.4) is 0 Å². The fourth-order valence-corrected chi connectivity index (χ4v) is 4.44. The maximum absolute atomic E-state index is 14.1. The molecule has 1 atom stereocenters. The highest BCUT2D eigenvalue weighted by Crippen LogP contribution is 2.36. The lowest BCUT2D eigenvalue weighted by Gasteiger charge is -2.21. The van der Waals surface area contributed by atoms with Gasteiger partial charge in [0.05, 0.1) is 23.7 Å². The summed E-state index contributed by atoms with van der Waals surface area (Å²) in [6, 6.07) is 6.64. The Morgan fingerprint density at radius 3 is 2.69 bits per heavy atom. The highest BCUT2D eigenvalue weighted by molar-refractivity contribution is 6.30. The van der Waals surface area contributed by atoms with E-state index in [1.807, 2.05) is 6.20 Å². The Hall–Kier alpha value is -3.10. The molecule has 0 bridgehead atoms. The van der Waals surface area contributed by atoms with Gasteiger partial charge in [0.15, 0.2) is 5.65 Å². The zero-order chi connectivity index (χ0) is 24.5. The number of ether oxygens (including phenoxy) is 1. The fraction of sp³-hybridized carbons (Fsp3) is 0.385. The summed E-state index contributed by atoms with van der Waals surface area (Å²) in [5, 5.41) is 4.99. The van der Waals surface area contributed by atoms with Gasteiger partial charge in [0, 0.05) is 47.8 Å². The molecule has 2 fully saturated rings. The third-order valence-electron chi connectivity index (χ3n) is 6.52. The average molecular weight is 496 g/mol. The molecule has 0 N–H and O–H groups in total. The molecule has 1 aromatic carbocycles. The molecule has 0 radical (unpaired) electrons. The van der Waals surface area contributed by atoms with Gasteiger partial charge in [-0.2, -0.15) is 5.10 Å². The number of rotatable bonds is 3. The highest BCUT2D eigenvalue weighted by atomic mass is 35.5. The van der Waals surface area contributed by atoms with Crippen molar-refractivity contribution in [3.63, 3.8) is 0 Å². The van der Waals surface area contributed by atoms with E-state index in [2.05, 4.69) is 25.9 Å². The first-order chi connectivity index (χ1) is 16.9. The van der Waals surface area contributed by atoms with E-state index in [9.17, 15) is 9.18 Å². The van der Waals surface area contributed by atoms with Gasteiger partial charge in [-0.1, -0.05) is 11.6 Å². The number of aromatic nitrogens is 5. The molecule has 1 saturated carbocycles. The maximum atomic E-state index is 14.1. The molecule has 4 heterocycles. The third-order valence-corrected chi connectivity index (χ3v) is 6.75. The second-order valence-electron chi connectivity index (χ2n) is 9.04. The zero-order valence-electron chi connectivity index (χ0n) is 19.7. The molecule has 0 spiro atoms. The van der Waals surface area contributed by atoms with Crippen LogP contribution in [0.15, 0.2) is 47.7 Å². The molecule has 1 aliphatic heterocycles. The van der Waals surface area contributed by atoms with Gasteiger partial charge in [0.25, 0.3) is 5.56 Å². The molecule has 1 unspecified atom stereocenters. The van der Waals surface area contributed by atoms with Crippen LogP contribution in [-0.2, 0) is 11.8 Å². The minimum Gasteiger partial charge on any atom is -0.373 e. The molecular weight excluding hydrogens is 469 g/mol. The van der Waals surface area contributed by atoms with Gasteiger partial charge < -0.3 is 4.74 Å². The van der Waals surface area contributed by atoms with Crippen LogP contribution in [0.2, 0.25) is 5.02 Å². The Bertz CT molecular complexity index is 1420. The second-order valence-corrected chi connectivity index (χ2v) is 9.48. The van der Waals surface area contributed by atoms with Crippen molar-refractivity contribution in [1.82, 2.24) is 24.3 Å². The summed E-state index contributed by atoms with van der Waals surface area (Å²) in [5.41, 5.74) is 2.09. The maximum Gasteiger partial charge on any atom is 0.263 e. The summed E-state index contributed by atoms with van der Waals surface area (Å²) in [7, 11) is 1.62. The second kappa shape index (κ2) is 9.87. The lowest BCUT2D eigenvalue weighted by Crippen LogP contribution is -2.21. The molecule has 7 nitrogen and oxygen atoms in total. The summed E-state index contributed by atoms with van der Waals surface area (Å²) in [5.74, 6) is 0.0614. The van der Waals surface area contributed by atoms with Crippen LogP contribution < -0.4 is 5.56 Å². The number of hydrogen-bond donors (Lipinski definition) is 0. The average Bonchev–Trinajstić information content (AvgIpc) is 3.59. The molecule has 4 aromatic rings. The van der Waals surface area contributed by atoms with Crippen LogP contribution in [-0.4, -0.2) is 30.9 Å². The Morgan fingerprint density at radius 2 is 1.97 bits per heavy atom. The first-order valence-electron chi connectivity index (χ1n) is 11.9. The number of pyridine rings is 1. The van der Waals surface area contributed by atoms with Gasteiger partial charge in [-0.15, -0.1) is 0 Å². The van der Waals surface area contributed by atoms with Crippen molar-refractivity contribution in [2.45, 2.75) is 51.2 Å². The summed E-state index contributed by atoms with van der Waals surface area (Å²) < 4.78 is 23.4. The molecule has 9 heteroatoms. The molecule has 0 amide bonds. The standard InChI is InChI=1S/C15H11ClFN3O.C11H16N2O/c1-8-19-14-13(15(21)20(8)2)11(5-6-18-14)10-4-3-9(16)7-12(10)17;1-2-6-14-11(3-1)9-7-12-13(8-9)10-4-5-10/h3-7H,1-2H3;7-8,10-11H,1-6H2. The summed E-state index contributed by atoms with van der Waals surface area (Å²) >= 11 is 5.77. The first-order valence-corrected chi connectivity index (χ1v) is 12.2. The Morgan fingerprint density at radius 1 is 1.14 bits per heavy atom. The molecule has 1 saturated heterocycles. The molecule has 182 valence electrons. The van der Waals surface area contributed by atoms with E-state index >= 15 is 0 Å². The zero-order valence-corrected chi connectivity index (χ0v) is 20.5. The first kappa shape index (κ1) is 23.6. The molecule has 2 aliphatic rings. The highest BCUT2D eigenvalue weighted by Gasteiger charge is 2.26. The van der Waals surface area contributed by atoms with Gasteiger partial charge in [-0.05, 0) is 63.3 Å². The van der Waals surface area contributed by atoms with Gasteiger partial charge in [0.1, 0.15) is 11.6 Å². The molecule has 6 rings (SSSR count). The van der Waals surface area contributed by atoms with Crippen LogP contribution in [0, 0.1) is 12.7 Å². The Kier molecular flexibility index (Phi) is 6.67. The van der Waals surface area contributed by atoms with E-state index < -0.39 is 5.82 Å². The van der Waals surface area contributed by atoms with Crippen LogP contribution in [0.4, 0.5) is 4.39 Å². The van der Waals surface area contributed by atoms with Gasteiger partial charge >= 0.3 is 0 Å². The van der Waals surface area contributed by atoms with Crippen LogP contribution in [0.25, 0.3) is 22.2 Å². The predicted octanol–water partition coefficient (Wildman–Crippen LogP) is 5.56. The lowest BCUT2D eigenvalue weighted by atomic mass is 10.0. The molecule has 1 aliphatic carbocycles. The summed E-state index contributed by atoms with van der Waals surface area (Å²) in [6.07, 6.45) is 12.2. The van der Waals surface area contributed by atoms with Crippen molar-refractivity contribution in [3.05, 3.63) is 75.4 Å². The van der Waals surface area contributed by atoms with Crippen molar-refractivity contribution in [2.75, 3.05) is 6.61 Å². The van der Waals surface area contributed by atoms with Crippen molar-refractivity contribution >= 4 is 22.6 Å². The lowest BCUT2D eigenvalue weighted by molar-refractivity contribution is 0.0149. The van der Waals surface area contributed by atoms with Gasteiger partial charge in [-0.25, -0.2) is 14.4 Å². The topological polar surface area (TPSA) is 74.8 Å². The normalized spacial score (nSPS) is 17.8. The largest absolute Gasteiger partial charge is 0.373 e. The van der Waals surface area contributed by atoms with Crippen molar-refractivity contribution in [1.29, 1.82) is 0 Å². The monoisotopic (exact) mass is 495 g/mol.